The smallest absolute Gasteiger partial charge is 0.333 e. The predicted molar refractivity (Wildman–Crippen MR) is 134 cm³/mol. The molecular weight excluding hydrogens is 526 g/mol. The number of hydrogen-bond donors (Lipinski definition) is 3. The van der Waals surface area contributed by atoms with Crippen molar-refractivity contribution in [3.05, 3.63) is 48.8 Å². The van der Waals surface area contributed by atoms with E-state index < -0.39 is 21.5 Å². The van der Waals surface area contributed by atoms with E-state index in [0.717, 1.165) is 6.20 Å². The molecule has 2 aromatic heterocycles. The molecule has 0 fully saturated rings. The average Bonchev–Trinajstić information content (AvgIpc) is 3.41. The summed E-state index contributed by atoms with van der Waals surface area (Å²) in [6.45, 7) is -2.94. The third-order valence-electron chi connectivity index (χ3n) is 5.18. The fourth-order valence-electron chi connectivity index (χ4n) is 3.37. The first-order valence-corrected chi connectivity index (χ1v) is 12.6. The van der Waals surface area contributed by atoms with Gasteiger partial charge in [-0.05, 0) is 12.1 Å². The van der Waals surface area contributed by atoms with Crippen LogP contribution in [0.3, 0.4) is 0 Å². The van der Waals surface area contributed by atoms with Crippen LogP contribution >= 0.6 is 0 Å². The number of anilines is 3. The van der Waals surface area contributed by atoms with Crippen LogP contribution in [0.5, 0.6) is 17.2 Å². The first-order valence-electron chi connectivity index (χ1n) is 11.1. The van der Waals surface area contributed by atoms with E-state index in [1.54, 1.807) is 36.4 Å². The minimum absolute atomic E-state index is 0.0177. The molecule has 4 aromatic rings. The molecule has 0 amide bonds. The summed E-state index contributed by atoms with van der Waals surface area (Å²) >= 11 is 0. The lowest BCUT2D eigenvalue weighted by atomic mass is 10.2. The summed E-state index contributed by atoms with van der Waals surface area (Å²) < 4.78 is 71.1. The molecule has 0 atom stereocenters. The minimum atomic E-state index is -4.38. The van der Waals surface area contributed by atoms with Crippen molar-refractivity contribution in [2.24, 2.45) is 0 Å². The van der Waals surface area contributed by atoms with E-state index in [2.05, 4.69) is 25.1 Å². The average molecular weight is 551 g/mol. The fraction of sp³-hybridized carbons (Fsp3) is 0.261. The summed E-state index contributed by atoms with van der Waals surface area (Å²) in [7, 11) is -1.49. The lowest BCUT2D eigenvalue weighted by Crippen LogP contribution is -2.16. The molecule has 0 aliphatic carbocycles. The number of aliphatic hydroxyl groups is 1. The Morgan fingerprint density at radius 1 is 1.08 bits per heavy atom. The van der Waals surface area contributed by atoms with Gasteiger partial charge in [-0.2, -0.15) is 13.9 Å². The maximum Gasteiger partial charge on any atom is 0.333 e. The molecule has 2 heterocycles. The summed E-state index contributed by atoms with van der Waals surface area (Å²) in [5.41, 5.74) is 1.12. The van der Waals surface area contributed by atoms with Crippen LogP contribution in [0.2, 0.25) is 0 Å². The Hall–Kier alpha value is -4.24. The molecule has 202 valence electrons. The monoisotopic (exact) mass is 550 g/mol. The van der Waals surface area contributed by atoms with Gasteiger partial charge in [0.25, 0.3) is 10.0 Å². The lowest BCUT2D eigenvalue weighted by molar-refractivity contribution is 0.0564. The van der Waals surface area contributed by atoms with Crippen molar-refractivity contribution in [1.82, 2.24) is 19.7 Å². The van der Waals surface area contributed by atoms with Crippen LogP contribution in [0.4, 0.5) is 26.1 Å². The Morgan fingerprint density at radius 2 is 1.79 bits per heavy atom. The number of para-hydroxylation sites is 2. The number of alkyl halides is 2. The van der Waals surface area contributed by atoms with E-state index in [-0.39, 0.29) is 35.3 Å². The number of hydrogen-bond acceptors (Lipinski definition) is 10. The Labute approximate surface area is 216 Å². The van der Waals surface area contributed by atoms with Crippen LogP contribution < -0.4 is 24.2 Å². The second-order valence-corrected chi connectivity index (χ2v) is 9.39. The van der Waals surface area contributed by atoms with Gasteiger partial charge < -0.3 is 24.6 Å². The Kier molecular flexibility index (Phi) is 8.07. The van der Waals surface area contributed by atoms with Crippen LogP contribution in [0.25, 0.3) is 11.0 Å². The molecule has 15 heteroatoms. The largest absolute Gasteiger partial charge is 0.497 e. The van der Waals surface area contributed by atoms with Gasteiger partial charge in [0.2, 0.25) is 0 Å². The maximum atomic E-state index is 13.0. The van der Waals surface area contributed by atoms with Crippen LogP contribution in [0.15, 0.2) is 53.7 Å². The SMILES string of the molecule is COc1cc(Nc2nc3ccccc3nc2NS(=O)(=O)c2cnn(C(F)F)c2)c(OCCCO)c(OC)c1. The highest BCUT2D eigenvalue weighted by molar-refractivity contribution is 7.92. The van der Waals surface area contributed by atoms with Gasteiger partial charge in [0.1, 0.15) is 10.6 Å². The number of methoxy groups -OCH3 is 2. The molecule has 2 aromatic carbocycles. The fourth-order valence-corrected chi connectivity index (χ4v) is 4.31. The standard InChI is InChI=1S/C23H24F2N6O6S/c1-35-14-10-18(20(19(11-14)36-2)37-9-5-8-32)29-21-22(28-17-7-4-3-6-16(17)27-21)30-38(33,34)15-12-26-31(13-15)23(24)25/h3-4,6-7,10-13,23,32H,5,8-9H2,1-2H3,(H,27,29)(H,28,30). The molecule has 0 unspecified atom stereocenters. The molecule has 38 heavy (non-hydrogen) atoms. The van der Waals surface area contributed by atoms with Gasteiger partial charge in [-0.3, -0.25) is 4.72 Å². The van der Waals surface area contributed by atoms with Gasteiger partial charge in [0, 0.05) is 25.2 Å². The van der Waals surface area contributed by atoms with Crippen molar-refractivity contribution in [1.29, 1.82) is 0 Å². The molecule has 0 saturated heterocycles. The lowest BCUT2D eigenvalue weighted by Gasteiger charge is -2.19. The Balaban J connectivity index is 1.80. The molecule has 0 aliphatic rings. The predicted octanol–water partition coefficient (Wildman–Crippen LogP) is 3.54. The van der Waals surface area contributed by atoms with E-state index in [0.29, 0.717) is 40.8 Å². The van der Waals surface area contributed by atoms with Crippen molar-refractivity contribution in [3.63, 3.8) is 0 Å². The molecule has 12 nitrogen and oxygen atoms in total. The molecule has 4 rings (SSSR count). The van der Waals surface area contributed by atoms with Crippen molar-refractivity contribution in [3.8, 4) is 17.2 Å². The van der Waals surface area contributed by atoms with Crippen LogP contribution in [0.1, 0.15) is 13.0 Å². The molecule has 0 radical (unpaired) electrons. The number of ether oxygens (including phenoxy) is 3. The molecule has 0 saturated carbocycles. The number of aliphatic hydroxyl groups excluding tert-OH is 1. The number of aromatic nitrogens is 4. The topological polar surface area (TPSA) is 150 Å². The van der Waals surface area contributed by atoms with Crippen LogP contribution in [-0.2, 0) is 10.0 Å². The Bertz CT molecular complexity index is 1530. The highest BCUT2D eigenvalue weighted by Gasteiger charge is 2.23. The van der Waals surface area contributed by atoms with Gasteiger partial charge in [-0.25, -0.2) is 23.1 Å². The summed E-state index contributed by atoms with van der Waals surface area (Å²) in [5.74, 6) is 0.727. The zero-order chi connectivity index (χ0) is 27.3. The van der Waals surface area contributed by atoms with E-state index in [1.807, 2.05) is 0 Å². The summed E-state index contributed by atoms with van der Waals surface area (Å²) in [6, 6.07) is 9.94. The number of fused-ring (bicyclic) bond motifs is 1. The molecule has 0 aliphatic heterocycles. The summed E-state index contributed by atoms with van der Waals surface area (Å²) in [4.78, 5) is 8.41. The zero-order valence-corrected chi connectivity index (χ0v) is 21.1. The number of rotatable bonds is 12. The third-order valence-corrected chi connectivity index (χ3v) is 6.47. The first kappa shape index (κ1) is 26.8. The molecule has 0 spiro atoms. The van der Waals surface area contributed by atoms with E-state index in [9.17, 15) is 17.2 Å². The Morgan fingerprint density at radius 3 is 2.39 bits per heavy atom. The number of benzene rings is 2. The van der Waals surface area contributed by atoms with Crippen molar-refractivity contribution >= 4 is 38.4 Å². The summed E-state index contributed by atoms with van der Waals surface area (Å²) in [6.07, 6.45) is 1.85. The normalized spacial score (nSPS) is 11.5. The highest BCUT2D eigenvalue weighted by atomic mass is 32.2. The highest BCUT2D eigenvalue weighted by Crippen LogP contribution is 2.42. The van der Waals surface area contributed by atoms with Crippen LogP contribution in [0, 0.1) is 0 Å². The number of nitrogens with one attached hydrogen (secondary N) is 2. The van der Waals surface area contributed by atoms with E-state index in [4.69, 9.17) is 19.3 Å². The first-order chi connectivity index (χ1) is 18.2. The maximum absolute atomic E-state index is 13.0. The van der Waals surface area contributed by atoms with E-state index in [1.165, 1.54) is 14.2 Å². The van der Waals surface area contributed by atoms with Gasteiger partial charge in [0.15, 0.2) is 23.1 Å². The van der Waals surface area contributed by atoms with Gasteiger partial charge in [0.05, 0.1) is 49.9 Å². The van der Waals surface area contributed by atoms with E-state index >= 15 is 0 Å². The van der Waals surface area contributed by atoms with Gasteiger partial charge in [-0.1, -0.05) is 12.1 Å². The third kappa shape index (κ3) is 5.84. The van der Waals surface area contributed by atoms with Gasteiger partial charge >= 0.3 is 6.55 Å². The molecule has 3 N–H and O–H groups in total. The minimum Gasteiger partial charge on any atom is -0.497 e. The quantitative estimate of drug-likeness (QED) is 0.224. The van der Waals surface area contributed by atoms with Crippen molar-refractivity contribution in [2.75, 3.05) is 37.5 Å². The number of sulfonamides is 1. The second-order valence-electron chi connectivity index (χ2n) is 7.71. The molecular formula is C23H24F2N6O6S. The summed E-state index contributed by atoms with van der Waals surface area (Å²) in [5, 5.41) is 15.6. The zero-order valence-electron chi connectivity index (χ0n) is 20.3. The second kappa shape index (κ2) is 11.4. The molecule has 0 bridgehead atoms. The van der Waals surface area contributed by atoms with Gasteiger partial charge in [-0.15, -0.1) is 0 Å². The number of nitrogens with zero attached hydrogens (tertiary/aromatic N) is 4. The number of halogens is 2. The van der Waals surface area contributed by atoms with Crippen molar-refractivity contribution < 1.29 is 36.5 Å². The van der Waals surface area contributed by atoms with Crippen molar-refractivity contribution in [2.45, 2.75) is 17.9 Å². The van der Waals surface area contributed by atoms with Crippen LogP contribution in [-0.4, -0.2) is 60.7 Å².